The van der Waals surface area contributed by atoms with E-state index in [2.05, 4.69) is 34.6 Å². The van der Waals surface area contributed by atoms with Crippen molar-refractivity contribution in [1.82, 2.24) is 4.98 Å². The Kier molecular flexibility index (Phi) is 6.42. The highest BCUT2D eigenvalue weighted by Gasteiger charge is 2.06. The molecule has 0 saturated carbocycles. The number of aromatic nitrogens is 1. The summed E-state index contributed by atoms with van der Waals surface area (Å²) in [4.78, 5) is 4.57. The molecule has 0 amide bonds. The maximum atomic E-state index is 6.18. The van der Waals surface area contributed by atoms with Gasteiger partial charge in [0.1, 0.15) is 12.4 Å². The number of anilines is 1. The van der Waals surface area contributed by atoms with E-state index in [4.69, 9.17) is 16.3 Å². The van der Waals surface area contributed by atoms with Crippen LogP contribution in [0.5, 0.6) is 5.75 Å². The Balaban J connectivity index is 1.45. The van der Waals surface area contributed by atoms with Gasteiger partial charge in [-0.1, -0.05) is 66.2 Å². The predicted molar refractivity (Wildman–Crippen MR) is 126 cm³/mol. The lowest BCUT2D eigenvalue weighted by Crippen LogP contribution is -2.00. The van der Waals surface area contributed by atoms with E-state index >= 15 is 0 Å². The van der Waals surface area contributed by atoms with Crippen LogP contribution in [-0.2, 0) is 6.61 Å². The fraction of sp³-hybridized carbons (Fsp3) is 0.0833. The SMILES string of the molecule is Cc1ccccc1COc1ccc(Cl)cc1C=NNc1nc(-c2ccccc2)cs1. The van der Waals surface area contributed by atoms with Crippen LogP contribution in [-0.4, -0.2) is 11.2 Å². The molecule has 0 radical (unpaired) electrons. The van der Waals surface area contributed by atoms with Gasteiger partial charge in [-0.05, 0) is 36.2 Å². The Morgan fingerprint density at radius 3 is 2.70 bits per heavy atom. The number of benzene rings is 3. The smallest absolute Gasteiger partial charge is 0.203 e. The van der Waals surface area contributed by atoms with Crippen molar-refractivity contribution in [2.24, 2.45) is 5.10 Å². The first kappa shape index (κ1) is 20.1. The molecule has 0 saturated heterocycles. The summed E-state index contributed by atoms with van der Waals surface area (Å²) in [5.41, 5.74) is 8.12. The zero-order chi connectivity index (χ0) is 20.8. The van der Waals surface area contributed by atoms with Gasteiger partial charge in [0.2, 0.25) is 5.13 Å². The standard InChI is InChI=1S/C24H20ClN3OS/c1-17-7-5-6-10-19(17)15-29-23-12-11-21(25)13-20(23)14-26-28-24-27-22(16-30-24)18-8-3-2-4-9-18/h2-14,16H,15H2,1H3,(H,27,28). The first-order valence-electron chi connectivity index (χ1n) is 9.46. The monoisotopic (exact) mass is 433 g/mol. The van der Waals surface area contributed by atoms with Crippen LogP contribution in [0.1, 0.15) is 16.7 Å². The van der Waals surface area contributed by atoms with E-state index in [1.54, 1.807) is 6.21 Å². The van der Waals surface area contributed by atoms with Gasteiger partial charge in [-0.25, -0.2) is 4.98 Å². The fourth-order valence-electron chi connectivity index (χ4n) is 2.90. The maximum Gasteiger partial charge on any atom is 0.203 e. The number of halogens is 1. The lowest BCUT2D eigenvalue weighted by Gasteiger charge is -2.11. The van der Waals surface area contributed by atoms with E-state index in [-0.39, 0.29) is 0 Å². The van der Waals surface area contributed by atoms with Gasteiger partial charge in [-0.3, -0.25) is 5.43 Å². The second-order valence-electron chi connectivity index (χ2n) is 6.67. The number of aryl methyl sites for hydroxylation is 1. The third-order valence-electron chi connectivity index (χ3n) is 4.55. The minimum absolute atomic E-state index is 0.482. The topological polar surface area (TPSA) is 46.5 Å². The summed E-state index contributed by atoms with van der Waals surface area (Å²) in [5, 5.41) is 7.67. The summed E-state index contributed by atoms with van der Waals surface area (Å²) in [5.74, 6) is 0.720. The highest BCUT2D eigenvalue weighted by molar-refractivity contribution is 7.14. The second kappa shape index (κ2) is 9.57. The third-order valence-corrected chi connectivity index (χ3v) is 5.54. The van der Waals surface area contributed by atoms with Crippen LogP contribution in [0.15, 0.2) is 83.3 Å². The zero-order valence-electron chi connectivity index (χ0n) is 16.4. The molecule has 0 spiro atoms. The molecule has 0 aliphatic heterocycles. The molecule has 0 aliphatic carbocycles. The molecule has 6 heteroatoms. The van der Waals surface area contributed by atoms with Crippen LogP contribution < -0.4 is 10.2 Å². The lowest BCUT2D eigenvalue weighted by molar-refractivity contribution is 0.305. The van der Waals surface area contributed by atoms with Crippen molar-refractivity contribution in [1.29, 1.82) is 0 Å². The van der Waals surface area contributed by atoms with Crippen molar-refractivity contribution in [3.63, 3.8) is 0 Å². The molecule has 0 aliphatic rings. The van der Waals surface area contributed by atoms with E-state index in [9.17, 15) is 0 Å². The summed E-state index contributed by atoms with van der Waals surface area (Å²) in [6.45, 7) is 2.56. The predicted octanol–water partition coefficient (Wildman–Crippen LogP) is 6.80. The van der Waals surface area contributed by atoms with Gasteiger partial charge in [-0.2, -0.15) is 5.10 Å². The summed E-state index contributed by atoms with van der Waals surface area (Å²) in [6.07, 6.45) is 1.70. The number of nitrogens with one attached hydrogen (secondary N) is 1. The number of thiazole rings is 1. The quantitative estimate of drug-likeness (QED) is 0.257. The Bertz CT molecular complexity index is 1160. The van der Waals surface area contributed by atoms with E-state index < -0.39 is 0 Å². The number of hydrogen-bond acceptors (Lipinski definition) is 5. The number of hydrogen-bond donors (Lipinski definition) is 1. The first-order chi connectivity index (χ1) is 14.7. The van der Waals surface area contributed by atoms with Crippen LogP contribution >= 0.6 is 22.9 Å². The molecule has 0 fully saturated rings. The molecular formula is C24H20ClN3OS. The van der Waals surface area contributed by atoms with Crippen molar-refractivity contribution in [3.8, 4) is 17.0 Å². The normalized spacial score (nSPS) is 11.0. The van der Waals surface area contributed by atoms with Gasteiger partial charge < -0.3 is 4.74 Å². The minimum atomic E-state index is 0.482. The van der Waals surface area contributed by atoms with Gasteiger partial charge in [0, 0.05) is 21.5 Å². The molecule has 1 aromatic heterocycles. The highest BCUT2D eigenvalue weighted by atomic mass is 35.5. The van der Waals surface area contributed by atoms with E-state index in [0.29, 0.717) is 11.6 Å². The van der Waals surface area contributed by atoms with Gasteiger partial charge in [0.05, 0.1) is 11.9 Å². The Morgan fingerprint density at radius 1 is 1.07 bits per heavy atom. The molecule has 0 atom stereocenters. The van der Waals surface area contributed by atoms with Crippen LogP contribution in [0.25, 0.3) is 11.3 Å². The average molecular weight is 434 g/mol. The van der Waals surface area contributed by atoms with Crippen LogP contribution in [0.2, 0.25) is 5.02 Å². The third kappa shape index (κ3) is 5.06. The van der Waals surface area contributed by atoms with Crippen molar-refractivity contribution in [2.45, 2.75) is 13.5 Å². The number of nitrogens with zero attached hydrogens (tertiary/aromatic N) is 2. The van der Waals surface area contributed by atoms with E-state index in [1.165, 1.54) is 16.9 Å². The summed E-state index contributed by atoms with van der Waals surface area (Å²) in [6, 6.07) is 23.7. The van der Waals surface area contributed by atoms with Gasteiger partial charge in [0.25, 0.3) is 0 Å². The molecule has 1 heterocycles. The molecule has 0 unspecified atom stereocenters. The summed E-state index contributed by atoms with van der Waals surface area (Å²) >= 11 is 7.68. The van der Waals surface area contributed by atoms with Gasteiger partial charge >= 0.3 is 0 Å². The summed E-state index contributed by atoms with van der Waals surface area (Å²) < 4.78 is 6.03. The molecule has 4 rings (SSSR count). The molecule has 4 nitrogen and oxygen atoms in total. The number of rotatable bonds is 7. The maximum absolute atomic E-state index is 6.18. The second-order valence-corrected chi connectivity index (χ2v) is 7.97. The van der Waals surface area contributed by atoms with Crippen molar-refractivity contribution in [3.05, 3.63) is 99.9 Å². The Morgan fingerprint density at radius 2 is 1.87 bits per heavy atom. The molecule has 30 heavy (non-hydrogen) atoms. The van der Waals surface area contributed by atoms with Gasteiger partial charge in [0.15, 0.2) is 0 Å². The Labute approximate surface area is 184 Å². The minimum Gasteiger partial charge on any atom is -0.488 e. The van der Waals surface area contributed by atoms with Gasteiger partial charge in [-0.15, -0.1) is 11.3 Å². The van der Waals surface area contributed by atoms with Crippen molar-refractivity contribution >= 4 is 34.3 Å². The average Bonchev–Trinajstić information content (AvgIpc) is 3.24. The summed E-state index contributed by atoms with van der Waals surface area (Å²) in [7, 11) is 0. The Hall–Kier alpha value is -3.15. The highest BCUT2D eigenvalue weighted by Crippen LogP contribution is 2.25. The molecule has 3 aromatic carbocycles. The van der Waals surface area contributed by atoms with Crippen LogP contribution in [0.3, 0.4) is 0 Å². The molecule has 1 N–H and O–H groups in total. The molecular weight excluding hydrogens is 414 g/mol. The number of ether oxygens (including phenoxy) is 1. The largest absolute Gasteiger partial charge is 0.488 e. The van der Waals surface area contributed by atoms with Crippen molar-refractivity contribution in [2.75, 3.05) is 5.43 Å². The lowest BCUT2D eigenvalue weighted by atomic mass is 10.1. The fourth-order valence-corrected chi connectivity index (χ4v) is 3.75. The molecule has 0 bridgehead atoms. The molecule has 150 valence electrons. The van der Waals surface area contributed by atoms with Crippen LogP contribution in [0.4, 0.5) is 5.13 Å². The molecule has 4 aromatic rings. The van der Waals surface area contributed by atoms with Crippen LogP contribution in [0, 0.1) is 6.92 Å². The zero-order valence-corrected chi connectivity index (χ0v) is 18.0. The number of hydrazone groups is 1. The van der Waals surface area contributed by atoms with Crippen molar-refractivity contribution < 1.29 is 4.74 Å². The van der Waals surface area contributed by atoms with E-state index in [0.717, 1.165) is 33.3 Å². The van der Waals surface area contributed by atoms with E-state index in [1.807, 2.05) is 66.0 Å². The first-order valence-corrected chi connectivity index (χ1v) is 10.7.